The highest BCUT2D eigenvalue weighted by Crippen LogP contribution is 2.13. The average Bonchev–Trinajstić information content (AvgIpc) is 2.83. The van der Waals surface area contributed by atoms with Gasteiger partial charge in [0.1, 0.15) is 5.82 Å². The summed E-state index contributed by atoms with van der Waals surface area (Å²) in [5, 5.41) is 11.1. The number of guanidine groups is 1. The van der Waals surface area contributed by atoms with Gasteiger partial charge in [-0.25, -0.2) is 9.98 Å². The summed E-state index contributed by atoms with van der Waals surface area (Å²) in [7, 11) is 5.94. The Morgan fingerprint density at radius 3 is 2.60 bits per heavy atom. The molecule has 0 spiro atoms. The lowest BCUT2D eigenvalue weighted by molar-refractivity contribution is 0.730. The van der Waals surface area contributed by atoms with Crippen LogP contribution in [0, 0.1) is 13.8 Å². The zero-order valence-electron chi connectivity index (χ0n) is 16.1. The maximum absolute atomic E-state index is 4.69. The Kier molecular flexibility index (Phi) is 6.38. The number of anilines is 1. The zero-order chi connectivity index (χ0) is 18.4. The summed E-state index contributed by atoms with van der Waals surface area (Å²) >= 11 is 0. The first-order chi connectivity index (χ1) is 11.9. The molecule has 0 radical (unpaired) electrons. The van der Waals surface area contributed by atoms with Crippen molar-refractivity contribution in [2.45, 2.75) is 33.9 Å². The smallest absolute Gasteiger partial charge is 0.191 e. The van der Waals surface area contributed by atoms with Gasteiger partial charge in [0.2, 0.25) is 0 Å². The molecule has 0 unspecified atom stereocenters. The van der Waals surface area contributed by atoms with E-state index in [1.54, 1.807) is 0 Å². The lowest BCUT2D eigenvalue weighted by Gasteiger charge is -2.14. The summed E-state index contributed by atoms with van der Waals surface area (Å²) in [5.41, 5.74) is 4.33. The van der Waals surface area contributed by atoms with Crippen molar-refractivity contribution >= 4 is 11.8 Å². The van der Waals surface area contributed by atoms with Gasteiger partial charge in [0.05, 0.1) is 24.5 Å². The fourth-order valence-electron chi connectivity index (χ4n) is 2.53. The zero-order valence-corrected chi connectivity index (χ0v) is 16.1. The SMILES string of the molecule is CCNC(=NCc1c(C)nn(C)c1C)NCc1cccc(N(C)C)n1. The lowest BCUT2D eigenvalue weighted by Crippen LogP contribution is -2.37. The number of pyridine rings is 1. The summed E-state index contributed by atoms with van der Waals surface area (Å²) in [6.07, 6.45) is 0. The van der Waals surface area contributed by atoms with E-state index >= 15 is 0 Å². The molecule has 0 saturated heterocycles. The minimum Gasteiger partial charge on any atom is -0.363 e. The third-order valence-electron chi connectivity index (χ3n) is 4.09. The fourth-order valence-corrected chi connectivity index (χ4v) is 2.53. The van der Waals surface area contributed by atoms with Gasteiger partial charge in [-0.15, -0.1) is 0 Å². The minimum atomic E-state index is 0.603. The molecule has 0 aliphatic carbocycles. The predicted octanol–water partition coefficient (Wildman–Crippen LogP) is 1.75. The topological polar surface area (TPSA) is 70.4 Å². The standard InChI is InChI=1S/C18H29N7/c1-7-19-18(21-12-16-13(2)23-25(6)14(16)3)20-11-15-9-8-10-17(22-15)24(4)5/h8-10H,7,11-12H2,1-6H3,(H2,19,20,21). The van der Waals surface area contributed by atoms with Crippen LogP contribution in [0.25, 0.3) is 0 Å². The molecule has 25 heavy (non-hydrogen) atoms. The third-order valence-corrected chi connectivity index (χ3v) is 4.09. The molecular formula is C18H29N7. The van der Waals surface area contributed by atoms with Gasteiger partial charge in [-0.05, 0) is 32.9 Å². The first-order valence-electron chi connectivity index (χ1n) is 8.56. The number of aryl methyl sites for hydroxylation is 2. The molecule has 0 fully saturated rings. The molecule has 0 bridgehead atoms. The van der Waals surface area contributed by atoms with Crippen molar-refractivity contribution in [2.75, 3.05) is 25.5 Å². The van der Waals surface area contributed by atoms with Crippen molar-refractivity contribution in [1.82, 2.24) is 25.4 Å². The van der Waals surface area contributed by atoms with E-state index in [0.29, 0.717) is 13.1 Å². The molecule has 2 aromatic heterocycles. The Bertz CT molecular complexity index is 731. The van der Waals surface area contributed by atoms with Crippen LogP contribution in [0.4, 0.5) is 5.82 Å². The van der Waals surface area contributed by atoms with Gasteiger partial charge in [-0.2, -0.15) is 5.10 Å². The van der Waals surface area contributed by atoms with Crippen LogP contribution >= 0.6 is 0 Å². The van der Waals surface area contributed by atoms with E-state index < -0.39 is 0 Å². The molecule has 0 saturated carbocycles. The first-order valence-corrected chi connectivity index (χ1v) is 8.56. The van der Waals surface area contributed by atoms with E-state index in [4.69, 9.17) is 4.99 Å². The molecule has 7 nitrogen and oxygen atoms in total. The number of hydrogen-bond acceptors (Lipinski definition) is 4. The van der Waals surface area contributed by atoms with Gasteiger partial charge in [-0.3, -0.25) is 4.68 Å². The van der Waals surface area contributed by atoms with Gasteiger partial charge in [-0.1, -0.05) is 6.07 Å². The molecule has 0 aromatic carbocycles. The van der Waals surface area contributed by atoms with Crippen LogP contribution in [0.15, 0.2) is 23.2 Å². The molecule has 2 rings (SSSR count). The number of hydrogen-bond donors (Lipinski definition) is 2. The van der Waals surface area contributed by atoms with Gasteiger partial charge in [0, 0.05) is 38.9 Å². The van der Waals surface area contributed by atoms with Crippen molar-refractivity contribution in [3.63, 3.8) is 0 Å². The number of aliphatic imine (C=N–C) groups is 1. The van der Waals surface area contributed by atoms with E-state index in [0.717, 1.165) is 35.4 Å². The van der Waals surface area contributed by atoms with Crippen molar-refractivity contribution in [3.05, 3.63) is 40.8 Å². The van der Waals surface area contributed by atoms with E-state index in [1.807, 2.05) is 55.8 Å². The molecule has 0 aliphatic heterocycles. The van der Waals surface area contributed by atoms with E-state index in [2.05, 4.69) is 34.6 Å². The molecule has 0 aliphatic rings. The van der Waals surface area contributed by atoms with Gasteiger partial charge >= 0.3 is 0 Å². The van der Waals surface area contributed by atoms with Crippen LogP contribution in [-0.4, -0.2) is 41.4 Å². The van der Waals surface area contributed by atoms with Crippen molar-refractivity contribution < 1.29 is 0 Å². The summed E-state index contributed by atoms with van der Waals surface area (Å²) in [6, 6.07) is 6.03. The Morgan fingerprint density at radius 2 is 2.00 bits per heavy atom. The lowest BCUT2D eigenvalue weighted by atomic mass is 10.2. The largest absolute Gasteiger partial charge is 0.363 e. The van der Waals surface area contributed by atoms with Crippen LogP contribution in [0.5, 0.6) is 0 Å². The normalized spacial score (nSPS) is 11.5. The minimum absolute atomic E-state index is 0.603. The highest BCUT2D eigenvalue weighted by atomic mass is 15.3. The van der Waals surface area contributed by atoms with Crippen LogP contribution in [0.3, 0.4) is 0 Å². The number of aromatic nitrogens is 3. The Labute approximate surface area is 150 Å². The highest BCUT2D eigenvalue weighted by Gasteiger charge is 2.09. The van der Waals surface area contributed by atoms with Crippen molar-refractivity contribution in [3.8, 4) is 0 Å². The monoisotopic (exact) mass is 343 g/mol. The Hall–Kier alpha value is -2.57. The summed E-state index contributed by atoms with van der Waals surface area (Å²) in [6.45, 7) is 8.19. The van der Waals surface area contributed by atoms with Crippen LogP contribution < -0.4 is 15.5 Å². The second kappa shape index (κ2) is 8.50. The van der Waals surface area contributed by atoms with E-state index in [-0.39, 0.29) is 0 Å². The Balaban J connectivity index is 2.06. The molecule has 2 aromatic rings. The molecule has 0 atom stereocenters. The van der Waals surface area contributed by atoms with Crippen molar-refractivity contribution in [2.24, 2.45) is 12.0 Å². The van der Waals surface area contributed by atoms with E-state index in [1.165, 1.54) is 5.56 Å². The van der Waals surface area contributed by atoms with Gasteiger partial charge in [0.25, 0.3) is 0 Å². The van der Waals surface area contributed by atoms with Crippen LogP contribution in [0.2, 0.25) is 0 Å². The van der Waals surface area contributed by atoms with Crippen molar-refractivity contribution in [1.29, 1.82) is 0 Å². The predicted molar refractivity (Wildman–Crippen MR) is 103 cm³/mol. The number of rotatable bonds is 6. The molecule has 0 amide bonds. The van der Waals surface area contributed by atoms with Crippen LogP contribution in [0.1, 0.15) is 29.6 Å². The molecular weight excluding hydrogens is 314 g/mol. The number of nitrogens with zero attached hydrogens (tertiary/aromatic N) is 5. The quantitative estimate of drug-likeness (QED) is 0.618. The maximum Gasteiger partial charge on any atom is 0.191 e. The second-order valence-corrected chi connectivity index (χ2v) is 6.20. The average molecular weight is 343 g/mol. The summed E-state index contributed by atoms with van der Waals surface area (Å²) in [4.78, 5) is 11.3. The van der Waals surface area contributed by atoms with Gasteiger partial charge in [0.15, 0.2) is 5.96 Å². The van der Waals surface area contributed by atoms with Crippen LogP contribution in [-0.2, 0) is 20.1 Å². The number of nitrogens with one attached hydrogen (secondary N) is 2. The fraction of sp³-hybridized carbons (Fsp3) is 0.500. The maximum atomic E-state index is 4.69. The molecule has 2 heterocycles. The molecule has 7 heteroatoms. The van der Waals surface area contributed by atoms with Gasteiger partial charge < -0.3 is 15.5 Å². The Morgan fingerprint density at radius 1 is 1.24 bits per heavy atom. The first kappa shape index (κ1) is 18.8. The van der Waals surface area contributed by atoms with E-state index in [9.17, 15) is 0 Å². The summed E-state index contributed by atoms with van der Waals surface area (Å²) < 4.78 is 1.90. The summed E-state index contributed by atoms with van der Waals surface area (Å²) in [5.74, 6) is 1.73. The molecule has 136 valence electrons. The third kappa shape index (κ3) is 4.95. The highest BCUT2D eigenvalue weighted by molar-refractivity contribution is 5.79. The molecule has 2 N–H and O–H groups in total. The second-order valence-electron chi connectivity index (χ2n) is 6.20.